The van der Waals surface area contributed by atoms with Crippen molar-refractivity contribution in [3.63, 3.8) is 0 Å². The molecule has 4 aromatic carbocycles. The molecule has 4 aromatic rings. The highest BCUT2D eigenvalue weighted by atomic mass is 127. The highest BCUT2D eigenvalue weighted by molar-refractivity contribution is 14.1. The number of nitrogens with one attached hydrogen (secondary N) is 1. The number of carbonyl (C=O) groups excluding carboxylic acids is 3. The van der Waals surface area contributed by atoms with Crippen LogP contribution < -0.4 is 15.0 Å². The molecular weight excluding hydrogens is 647 g/mol. The third kappa shape index (κ3) is 5.17. The minimum Gasteiger partial charge on any atom is -0.488 e. The molecule has 184 valence electrons. The summed E-state index contributed by atoms with van der Waals surface area (Å²) in [4.78, 5) is 39.2. The van der Waals surface area contributed by atoms with E-state index in [1.54, 1.807) is 24.3 Å². The van der Waals surface area contributed by atoms with Gasteiger partial charge in [-0.1, -0.05) is 64.5 Å². The number of anilines is 1. The van der Waals surface area contributed by atoms with Crippen LogP contribution in [0.2, 0.25) is 0 Å². The molecule has 0 saturated carbocycles. The number of fused-ring (bicyclic) bond motifs is 1. The number of nitrogens with zero attached hydrogens (tertiary/aromatic N) is 1. The maximum atomic E-state index is 13.2. The lowest BCUT2D eigenvalue weighted by atomic mass is 10.1. The van der Waals surface area contributed by atoms with Crippen LogP contribution >= 0.6 is 38.5 Å². The van der Waals surface area contributed by atoms with E-state index in [4.69, 9.17) is 4.74 Å². The van der Waals surface area contributed by atoms with Gasteiger partial charge >= 0.3 is 6.03 Å². The predicted octanol–water partition coefficient (Wildman–Crippen LogP) is 6.76. The first kappa shape index (κ1) is 25.2. The second-order valence-corrected chi connectivity index (χ2v) is 10.5. The molecule has 37 heavy (non-hydrogen) atoms. The van der Waals surface area contributed by atoms with Crippen molar-refractivity contribution < 1.29 is 19.1 Å². The van der Waals surface area contributed by atoms with E-state index in [9.17, 15) is 14.4 Å². The molecule has 0 unspecified atom stereocenters. The molecule has 5 rings (SSSR count). The molecule has 0 aliphatic carbocycles. The Bertz CT molecular complexity index is 1610. The van der Waals surface area contributed by atoms with E-state index in [1.807, 2.05) is 43.3 Å². The number of aryl methyl sites for hydroxylation is 1. The van der Waals surface area contributed by atoms with Gasteiger partial charge in [0.1, 0.15) is 17.9 Å². The summed E-state index contributed by atoms with van der Waals surface area (Å²) in [5, 5.41) is 4.56. The zero-order valence-corrected chi connectivity index (χ0v) is 23.4. The highest BCUT2D eigenvalue weighted by Crippen LogP contribution is 2.29. The molecule has 0 spiro atoms. The fraction of sp³-hybridized carbons (Fsp3) is 0.0690. The van der Waals surface area contributed by atoms with Gasteiger partial charge in [0.15, 0.2) is 0 Å². The van der Waals surface area contributed by atoms with Crippen LogP contribution in [0, 0.1) is 10.5 Å². The zero-order valence-electron chi connectivity index (χ0n) is 19.6. The van der Waals surface area contributed by atoms with Crippen molar-refractivity contribution in [1.82, 2.24) is 5.32 Å². The van der Waals surface area contributed by atoms with Gasteiger partial charge in [0, 0.05) is 4.47 Å². The molecule has 0 bridgehead atoms. The number of hydrogen-bond donors (Lipinski definition) is 1. The molecule has 0 atom stereocenters. The third-order valence-corrected chi connectivity index (χ3v) is 7.76. The lowest BCUT2D eigenvalue weighted by Gasteiger charge is -2.26. The summed E-state index contributed by atoms with van der Waals surface area (Å²) in [6, 6.07) is 24.0. The molecule has 8 heteroatoms. The van der Waals surface area contributed by atoms with E-state index >= 15 is 0 Å². The minimum atomic E-state index is -0.777. The number of amides is 4. The first-order valence-electron chi connectivity index (χ1n) is 11.4. The summed E-state index contributed by atoms with van der Waals surface area (Å²) < 4.78 is 7.78. The second kappa shape index (κ2) is 10.5. The van der Waals surface area contributed by atoms with E-state index in [0.29, 0.717) is 23.6 Å². The number of benzene rings is 4. The topological polar surface area (TPSA) is 75.7 Å². The van der Waals surface area contributed by atoms with Gasteiger partial charge in [-0.2, -0.15) is 0 Å². The number of rotatable bonds is 5. The Balaban J connectivity index is 1.38. The molecular formula is C29H20BrIN2O4. The van der Waals surface area contributed by atoms with Crippen molar-refractivity contribution in [2.75, 3.05) is 4.90 Å². The van der Waals surface area contributed by atoms with Crippen LogP contribution in [-0.4, -0.2) is 17.8 Å². The van der Waals surface area contributed by atoms with Crippen molar-refractivity contribution in [3.05, 3.63) is 109 Å². The summed E-state index contributed by atoms with van der Waals surface area (Å²) in [5.74, 6) is -0.717. The van der Waals surface area contributed by atoms with E-state index in [0.717, 1.165) is 34.8 Å². The fourth-order valence-corrected chi connectivity index (χ4v) is 5.07. The smallest absolute Gasteiger partial charge is 0.335 e. The zero-order chi connectivity index (χ0) is 26.1. The largest absolute Gasteiger partial charge is 0.488 e. The van der Waals surface area contributed by atoms with E-state index < -0.39 is 17.8 Å². The van der Waals surface area contributed by atoms with E-state index in [-0.39, 0.29) is 5.57 Å². The van der Waals surface area contributed by atoms with Crippen molar-refractivity contribution in [3.8, 4) is 5.75 Å². The summed E-state index contributed by atoms with van der Waals surface area (Å²) in [6.07, 6.45) is 1.49. The highest BCUT2D eigenvalue weighted by Gasteiger charge is 2.37. The molecule has 1 N–H and O–H groups in total. The summed E-state index contributed by atoms with van der Waals surface area (Å²) in [7, 11) is 0. The number of halogens is 2. The van der Waals surface area contributed by atoms with Gasteiger partial charge in [-0.3, -0.25) is 14.9 Å². The van der Waals surface area contributed by atoms with Gasteiger partial charge in [-0.25, -0.2) is 9.69 Å². The van der Waals surface area contributed by atoms with Gasteiger partial charge in [-0.05, 0) is 93.4 Å². The number of barbiturate groups is 1. The van der Waals surface area contributed by atoms with Crippen LogP contribution in [0.4, 0.5) is 10.5 Å². The van der Waals surface area contributed by atoms with E-state index in [2.05, 4.69) is 62.0 Å². The Morgan fingerprint density at radius 2 is 1.76 bits per heavy atom. The standard InChI is InChI=1S/C29H20BrIN2O4/c1-17-13-21(10-11-24(17)30)33-28(35)23(27(34)32-29(33)36)14-18-9-12-26(25(31)15-18)37-16-20-7-4-6-19-5-2-3-8-22(19)20/h2-15H,16H2,1H3,(H,32,34,36)/b23-14+. The monoisotopic (exact) mass is 666 g/mol. The third-order valence-electron chi connectivity index (χ3n) is 6.03. The van der Waals surface area contributed by atoms with Gasteiger partial charge in [0.05, 0.1) is 9.26 Å². The molecule has 0 aromatic heterocycles. The normalized spacial score (nSPS) is 14.8. The quantitative estimate of drug-likeness (QED) is 0.145. The van der Waals surface area contributed by atoms with Crippen LogP contribution in [-0.2, 0) is 16.2 Å². The van der Waals surface area contributed by atoms with Crippen LogP contribution in [0.25, 0.3) is 16.8 Å². The Kier molecular flexibility index (Phi) is 7.12. The molecule has 1 saturated heterocycles. The first-order chi connectivity index (χ1) is 17.8. The molecule has 4 amide bonds. The van der Waals surface area contributed by atoms with Crippen LogP contribution in [0.5, 0.6) is 5.75 Å². The summed E-state index contributed by atoms with van der Waals surface area (Å²) in [5.41, 5.74) is 2.84. The second-order valence-electron chi connectivity index (χ2n) is 8.51. The van der Waals surface area contributed by atoms with Crippen molar-refractivity contribution in [2.45, 2.75) is 13.5 Å². The number of imide groups is 2. The van der Waals surface area contributed by atoms with Gasteiger partial charge < -0.3 is 4.74 Å². The molecule has 0 radical (unpaired) electrons. The summed E-state index contributed by atoms with van der Waals surface area (Å²) in [6.45, 7) is 2.26. The minimum absolute atomic E-state index is 0.125. The van der Waals surface area contributed by atoms with Crippen molar-refractivity contribution in [2.24, 2.45) is 0 Å². The Hall–Kier alpha value is -3.50. The SMILES string of the molecule is Cc1cc(N2C(=O)NC(=O)/C(=C\c3ccc(OCc4cccc5ccccc45)c(I)c3)C2=O)ccc1Br. The average Bonchev–Trinajstić information content (AvgIpc) is 2.88. The molecule has 1 aliphatic rings. The van der Waals surface area contributed by atoms with Crippen LogP contribution in [0.3, 0.4) is 0 Å². The summed E-state index contributed by atoms with van der Waals surface area (Å²) >= 11 is 5.58. The maximum absolute atomic E-state index is 13.2. The Morgan fingerprint density at radius 1 is 0.973 bits per heavy atom. The van der Waals surface area contributed by atoms with E-state index in [1.165, 1.54) is 6.08 Å². The van der Waals surface area contributed by atoms with Crippen molar-refractivity contribution >= 4 is 78.9 Å². The fourth-order valence-electron chi connectivity index (χ4n) is 4.12. The van der Waals surface area contributed by atoms with Crippen molar-refractivity contribution in [1.29, 1.82) is 0 Å². The lowest BCUT2D eigenvalue weighted by molar-refractivity contribution is -0.122. The average molecular weight is 667 g/mol. The van der Waals surface area contributed by atoms with Gasteiger partial charge in [-0.15, -0.1) is 0 Å². The van der Waals surface area contributed by atoms with Crippen LogP contribution in [0.1, 0.15) is 16.7 Å². The van der Waals surface area contributed by atoms with Crippen LogP contribution in [0.15, 0.2) is 88.9 Å². The number of hydrogen-bond acceptors (Lipinski definition) is 4. The molecule has 6 nitrogen and oxygen atoms in total. The molecule has 1 heterocycles. The number of carbonyl (C=O) groups is 3. The Labute approximate surface area is 235 Å². The lowest BCUT2D eigenvalue weighted by Crippen LogP contribution is -2.54. The molecule has 1 aliphatic heterocycles. The predicted molar refractivity (Wildman–Crippen MR) is 155 cm³/mol. The molecule has 1 fully saturated rings. The first-order valence-corrected chi connectivity index (χ1v) is 13.3. The number of urea groups is 1. The van der Waals surface area contributed by atoms with Gasteiger partial charge in [0.2, 0.25) is 0 Å². The maximum Gasteiger partial charge on any atom is 0.335 e. The Morgan fingerprint density at radius 3 is 2.54 bits per heavy atom. The van der Waals surface area contributed by atoms with Gasteiger partial charge in [0.25, 0.3) is 11.8 Å². The number of ether oxygens (including phenoxy) is 1.